The van der Waals surface area contributed by atoms with Crippen LogP contribution in [0.1, 0.15) is 81.0 Å². The Balaban J connectivity index is 0.00000612. The average Bonchev–Trinajstić information content (AvgIpc) is 3.11. The number of amides is 1. The molecule has 35 heavy (non-hydrogen) atoms. The second kappa shape index (κ2) is 14.7. The summed E-state index contributed by atoms with van der Waals surface area (Å²) < 4.78 is 15.1. The number of aliphatic hydroxyl groups is 2. The van der Waals surface area contributed by atoms with Gasteiger partial charge in [-0.15, -0.1) is 0 Å². The predicted molar refractivity (Wildman–Crippen MR) is 134 cm³/mol. The number of hydrogen-bond acceptors (Lipinski definition) is 5. The number of rotatable bonds is 13. The first-order chi connectivity index (χ1) is 16.0. The molecule has 0 bridgehead atoms. The molecule has 0 aliphatic rings. The second-order valence-corrected chi connectivity index (χ2v) is 9.37. The van der Waals surface area contributed by atoms with Gasteiger partial charge in [0.2, 0.25) is 0 Å². The summed E-state index contributed by atoms with van der Waals surface area (Å²) in [6.45, 7) is 8.57. The van der Waals surface area contributed by atoms with Gasteiger partial charge in [-0.2, -0.15) is 5.10 Å². The maximum atomic E-state index is 13.5. The molecule has 2 atom stereocenters. The molecule has 10 heteroatoms. The van der Waals surface area contributed by atoms with Gasteiger partial charge in [0, 0.05) is 17.8 Å². The van der Waals surface area contributed by atoms with Crippen molar-refractivity contribution in [1.82, 2.24) is 15.1 Å². The Hall–Kier alpha value is -1.78. The average molecular weight is 502 g/mol. The van der Waals surface area contributed by atoms with Crippen LogP contribution in [-0.4, -0.2) is 85.3 Å². The fourth-order valence-corrected chi connectivity index (χ4v) is 3.85. The van der Waals surface area contributed by atoms with Crippen LogP contribution in [-0.2, 0) is 11.2 Å². The van der Waals surface area contributed by atoms with E-state index in [9.17, 15) is 24.2 Å². The summed E-state index contributed by atoms with van der Waals surface area (Å²) in [4.78, 5) is 23.8. The van der Waals surface area contributed by atoms with E-state index in [-0.39, 0.29) is 54.2 Å². The van der Waals surface area contributed by atoms with Crippen molar-refractivity contribution in [3.8, 4) is 5.69 Å². The van der Waals surface area contributed by atoms with Crippen LogP contribution in [0.15, 0.2) is 24.3 Å². The van der Waals surface area contributed by atoms with Gasteiger partial charge >= 0.3 is 35.5 Å². The monoisotopic (exact) mass is 501 g/mol. The van der Waals surface area contributed by atoms with Gasteiger partial charge in [0.05, 0.1) is 24.3 Å². The van der Waals surface area contributed by atoms with E-state index in [4.69, 9.17) is 5.11 Å². The standard InChI is InChI=1S/C25H36FN3O5.Na.H/c1-15(2)11-12-27-25(34)24-23(16(3)4)21(10-9-19(30)13-20(31)14-22(32)33)29(28-24)18-7-5-17(26)6-8-18;;/h5-8,15-16,19-20,30-31H,9-14H2,1-4H3,(H,27,34)(H,32,33);;/t19-,20-;;/m1../s1. The molecule has 2 aromatic rings. The zero-order valence-electron chi connectivity index (χ0n) is 20.3. The minimum atomic E-state index is -1.15. The van der Waals surface area contributed by atoms with Crippen molar-refractivity contribution in [3.63, 3.8) is 0 Å². The van der Waals surface area contributed by atoms with E-state index < -0.39 is 30.4 Å². The van der Waals surface area contributed by atoms with Crippen molar-refractivity contribution in [2.45, 2.75) is 77.9 Å². The molecule has 0 unspecified atom stereocenters. The number of carbonyl (C=O) groups is 2. The van der Waals surface area contributed by atoms with Crippen LogP contribution in [0.5, 0.6) is 0 Å². The Kier molecular flexibility index (Phi) is 13.1. The molecule has 190 valence electrons. The summed E-state index contributed by atoms with van der Waals surface area (Å²) in [6, 6.07) is 5.78. The van der Waals surface area contributed by atoms with Gasteiger partial charge in [0.25, 0.3) is 5.91 Å². The predicted octanol–water partition coefficient (Wildman–Crippen LogP) is 2.78. The number of benzene rings is 1. The van der Waals surface area contributed by atoms with Crippen LogP contribution in [0.3, 0.4) is 0 Å². The van der Waals surface area contributed by atoms with Gasteiger partial charge < -0.3 is 20.6 Å². The van der Waals surface area contributed by atoms with E-state index >= 15 is 0 Å². The third kappa shape index (κ3) is 9.65. The van der Waals surface area contributed by atoms with Crippen molar-refractivity contribution in [1.29, 1.82) is 0 Å². The topological polar surface area (TPSA) is 125 Å². The van der Waals surface area contributed by atoms with E-state index in [0.717, 1.165) is 12.0 Å². The normalized spacial score (nSPS) is 12.9. The Morgan fingerprint density at radius 2 is 1.69 bits per heavy atom. The maximum absolute atomic E-state index is 13.5. The van der Waals surface area contributed by atoms with Crippen LogP contribution in [0.2, 0.25) is 0 Å². The number of nitrogens with zero attached hydrogens (tertiary/aromatic N) is 2. The number of aliphatic carboxylic acids is 1. The van der Waals surface area contributed by atoms with Crippen LogP contribution in [0, 0.1) is 11.7 Å². The van der Waals surface area contributed by atoms with Crippen LogP contribution >= 0.6 is 0 Å². The first kappa shape index (κ1) is 31.3. The number of halogens is 1. The molecule has 0 fully saturated rings. The molecule has 0 aliphatic heterocycles. The number of aromatic nitrogens is 2. The third-order valence-electron chi connectivity index (χ3n) is 5.56. The molecule has 0 radical (unpaired) electrons. The van der Waals surface area contributed by atoms with Crippen LogP contribution in [0.4, 0.5) is 4.39 Å². The molecule has 1 aromatic carbocycles. The molecule has 0 spiro atoms. The Morgan fingerprint density at radius 3 is 2.23 bits per heavy atom. The molecule has 8 nitrogen and oxygen atoms in total. The molecule has 2 rings (SSSR count). The summed E-state index contributed by atoms with van der Waals surface area (Å²) in [5.41, 5.74) is 2.32. The van der Waals surface area contributed by atoms with Crippen LogP contribution < -0.4 is 5.32 Å². The molecule has 1 aromatic heterocycles. The van der Waals surface area contributed by atoms with E-state index in [1.165, 1.54) is 12.1 Å². The van der Waals surface area contributed by atoms with Crippen molar-refractivity contribution in [2.24, 2.45) is 5.92 Å². The molecule has 4 N–H and O–H groups in total. The quantitative estimate of drug-likeness (QED) is 0.313. The van der Waals surface area contributed by atoms with Crippen molar-refractivity contribution >= 4 is 41.4 Å². The van der Waals surface area contributed by atoms with Gasteiger partial charge in [0.15, 0.2) is 5.69 Å². The third-order valence-corrected chi connectivity index (χ3v) is 5.56. The number of carboxylic acids is 1. The van der Waals surface area contributed by atoms with Crippen molar-refractivity contribution in [3.05, 3.63) is 47.0 Å². The Morgan fingerprint density at radius 1 is 1.06 bits per heavy atom. The number of carbonyl (C=O) groups excluding carboxylic acids is 1. The van der Waals surface area contributed by atoms with Crippen LogP contribution in [0.25, 0.3) is 5.69 Å². The summed E-state index contributed by atoms with van der Waals surface area (Å²) in [5, 5.41) is 36.6. The van der Waals surface area contributed by atoms with E-state index in [0.29, 0.717) is 36.0 Å². The van der Waals surface area contributed by atoms with Gasteiger partial charge in [-0.25, -0.2) is 9.07 Å². The molecule has 0 aliphatic carbocycles. The summed E-state index contributed by atoms with van der Waals surface area (Å²) in [6.07, 6.45) is -1.20. The zero-order valence-corrected chi connectivity index (χ0v) is 20.3. The number of nitrogens with one attached hydrogen (secondary N) is 1. The summed E-state index contributed by atoms with van der Waals surface area (Å²) in [5.74, 6) is -1.43. The minimum absolute atomic E-state index is 0. The SMILES string of the molecule is CC(C)CCNC(=O)c1nn(-c2ccc(F)cc2)c(CC[C@@H](O)C[C@@H](O)CC(=O)O)c1C(C)C.[NaH]. The molecule has 0 saturated carbocycles. The summed E-state index contributed by atoms with van der Waals surface area (Å²) >= 11 is 0. The van der Waals surface area contributed by atoms with Gasteiger partial charge in [-0.3, -0.25) is 9.59 Å². The molecule has 1 heterocycles. The Labute approximate surface area is 228 Å². The Bertz CT molecular complexity index is 963. The molecule has 1 amide bonds. The summed E-state index contributed by atoms with van der Waals surface area (Å²) in [7, 11) is 0. The van der Waals surface area contributed by atoms with Crippen molar-refractivity contribution < 1.29 is 29.3 Å². The van der Waals surface area contributed by atoms with E-state index in [1.54, 1.807) is 16.8 Å². The van der Waals surface area contributed by atoms with Gasteiger partial charge in [-0.05, 0) is 61.8 Å². The first-order valence-electron chi connectivity index (χ1n) is 11.7. The molecule has 0 saturated heterocycles. The number of hydrogen-bond donors (Lipinski definition) is 4. The fraction of sp³-hybridized carbons (Fsp3) is 0.560. The first-order valence-corrected chi connectivity index (χ1v) is 11.7. The van der Waals surface area contributed by atoms with E-state index in [2.05, 4.69) is 24.3 Å². The second-order valence-electron chi connectivity index (χ2n) is 9.37. The number of carboxylic acid groups (broad SMARTS) is 1. The fourth-order valence-electron chi connectivity index (χ4n) is 3.85. The molecular formula is C25H37FN3NaO5. The van der Waals surface area contributed by atoms with Gasteiger partial charge in [0.1, 0.15) is 5.82 Å². The molecular weight excluding hydrogens is 464 g/mol. The van der Waals surface area contributed by atoms with Gasteiger partial charge in [-0.1, -0.05) is 27.7 Å². The van der Waals surface area contributed by atoms with E-state index in [1.807, 2.05) is 13.8 Å². The zero-order chi connectivity index (χ0) is 25.4. The van der Waals surface area contributed by atoms with Crippen molar-refractivity contribution in [2.75, 3.05) is 6.54 Å². The number of aliphatic hydroxyl groups excluding tert-OH is 2.